The van der Waals surface area contributed by atoms with Gasteiger partial charge in [0.15, 0.2) is 0 Å². The van der Waals surface area contributed by atoms with Crippen LogP contribution in [-0.4, -0.2) is 18.7 Å². The summed E-state index contributed by atoms with van der Waals surface area (Å²) in [7, 11) is 0. The van der Waals surface area contributed by atoms with E-state index in [4.69, 9.17) is 16.3 Å². The van der Waals surface area contributed by atoms with Crippen molar-refractivity contribution in [3.05, 3.63) is 53.6 Å². The van der Waals surface area contributed by atoms with Gasteiger partial charge in [0.1, 0.15) is 5.75 Å². The number of hydrogen-bond donors (Lipinski definition) is 1. The smallest absolute Gasteiger partial charge is 0.120 e. The minimum Gasteiger partial charge on any atom is -0.493 e. The van der Waals surface area contributed by atoms with Gasteiger partial charge in [0.05, 0.1) is 11.6 Å². The summed E-state index contributed by atoms with van der Waals surface area (Å²) in [5, 5.41) is 4.16. The summed E-state index contributed by atoms with van der Waals surface area (Å²) in [6.07, 6.45) is 0.968. The Labute approximate surface area is 150 Å². The predicted molar refractivity (Wildman–Crippen MR) is 102 cm³/mol. The van der Waals surface area contributed by atoms with E-state index in [1.165, 1.54) is 0 Å². The van der Waals surface area contributed by atoms with E-state index >= 15 is 0 Å². The summed E-state index contributed by atoms with van der Waals surface area (Å²) in [6.45, 7) is 8.12. The molecule has 2 aromatic rings. The van der Waals surface area contributed by atoms with Crippen molar-refractivity contribution >= 4 is 24.0 Å². The molecule has 0 fully saturated rings. The van der Waals surface area contributed by atoms with Crippen LogP contribution in [0.5, 0.6) is 5.75 Å². The van der Waals surface area contributed by atoms with Gasteiger partial charge in [0, 0.05) is 11.1 Å². The lowest BCUT2D eigenvalue weighted by atomic mass is 10.1. The van der Waals surface area contributed by atoms with Crippen LogP contribution in [0, 0.1) is 0 Å². The van der Waals surface area contributed by atoms with Crippen molar-refractivity contribution in [1.82, 2.24) is 5.32 Å². The van der Waals surface area contributed by atoms with Crippen LogP contribution in [-0.2, 0) is 0 Å². The second kappa shape index (κ2) is 9.17. The molecule has 0 radical (unpaired) electrons. The van der Waals surface area contributed by atoms with Crippen LogP contribution >= 0.6 is 24.0 Å². The number of benzene rings is 2. The van der Waals surface area contributed by atoms with Gasteiger partial charge in [-0.3, -0.25) is 0 Å². The van der Waals surface area contributed by atoms with Crippen LogP contribution in [0.2, 0.25) is 5.02 Å². The summed E-state index contributed by atoms with van der Waals surface area (Å²) >= 11 is 6.37. The average molecular weight is 354 g/mol. The highest BCUT2D eigenvalue weighted by Crippen LogP contribution is 2.31. The molecule has 0 amide bonds. The van der Waals surface area contributed by atoms with E-state index in [9.17, 15) is 0 Å². The molecule has 0 unspecified atom stereocenters. The second-order valence-electron chi connectivity index (χ2n) is 6.39. The van der Waals surface area contributed by atoms with Crippen molar-refractivity contribution in [3.8, 4) is 16.9 Å². The molecule has 2 aromatic carbocycles. The maximum Gasteiger partial charge on any atom is 0.120 e. The second-order valence-corrected chi connectivity index (χ2v) is 6.79. The first kappa shape index (κ1) is 19.8. The number of ether oxygens (including phenoxy) is 1. The number of halogens is 2. The molecule has 1 N–H and O–H groups in total. The molecule has 0 saturated heterocycles. The Morgan fingerprint density at radius 3 is 2.35 bits per heavy atom. The number of nitrogens with one attached hydrogen (secondary N) is 1. The van der Waals surface area contributed by atoms with Gasteiger partial charge in [-0.05, 0) is 57.5 Å². The Kier molecular flexibility index (Phi) is 7.90. The highest BCUT2D eigenvalue weighted by Gasteiger charge is 2.08. The van der Waals surface area contributed by atoms with Crippen molar-refractivity contribution in [3.63, 3.8) is 0 Å². The molecule has 0 atom stereocenters. The maximum absolute atomic E-state index is 6.37. The Balaban J connectivity index is 0.00000264. The minimum absolute atomic E-state index is 0. The fourth-order valence-electron chi connectivity index (χ4n) is 2.16. The zero-order valence-corrected chi connectivity index (χ0v) is 15.5. The summed E-state index contributed by atoms with van der Waals surface area (Å²) < 4.78 is 5.77. The van der Waals surface area contributed by atoms with Gasteiger partial charge in [-0.15, -0.1) is 12.4 Å². The maximum atomic E-state index is 6.37. The van der Waals surface area contributed by atoms with Crippen LogP contribution in [0.25, 0.3) is 11.1 Å². The Hall–Kier alpha value is -1.22. The first-order chi connectivity index (χ1) is 10.5. The monoisotopic (exact) mass is 353 g/mol. The molecular weight excluding hydrogens is 329 g/mol. The number of rotatable bonds is 6. The third-order valence-electron chi connectivity index (χ3n) is 3.27. The van der Waals surface area contributed by atoms with Gasteiger partial charge in [-0.25, -0.2) is 0 Å². The van der Waals surface area contributed by atoms with Crippen LogP contribution in [0.4, 0.5) is 0 Å². The zero-order valence-electron chi connectivity index (χ0n) is 13.9. The van der Waals surface area contributed by atoms with Crippen LogP contribution < -0.4 is 10.1 Å². The van der Waals surface area contributed by atoms with E-state index in [1.807, 2.05) is 36.4 Å². The molecule has 23 heavy (non-hydrogen) atoms. The van der Waals surface area contributed by atoms with E-state index < -0.39 is 0 Å². The van der Waals surface area contributed by atoms with E-state index in [2.05, 4.69) is 38.2 Å². The lowest BCUT2D eigenvalue weighted by molar-refractivity contribution is 0.298. The molecule has 2 rings (SSSR count). The third kappa shape index (κ3) is 6.82. The van der Waals surface area contributed by atoms with E-state index in [0.717, 1.165) is 34.9 Å². The predicted octanol–water partition coefficient (Wildman–Crippen LogP) is 5.59. The summed E-state index contributed by atoms with van der Waals surface area (Å²) in [6, 6.07) is 16.0. The van der Waals surface area contributed by atoms with Gasteiger partial charge < -0.3 is 10.1 Å². The highest BCUT2D eigenvalue weighted by molar-refractivity contribution is 6.33. The van der Waals surface area contributed by atoms with Gasteiger partial charge in [0.25, 0.3) is 0 Å². The molecular formula is C19H25Cl2NO. The van der Waals surface area contributed by atoms with E-state index in [1.54, 1.807) is 0 Å². The van der Waals surface area contributed by atoms with Crippen molar-refractivity contribution in [2.75, 3.05) is 13.2 Å². The fourth-order valence-corrected chi connectivity index (χ4v) is 2.44. The van der Waals surface area contributed by atoms with Gasteiger partial charge in [-0.1, -0.05) is 41.9 Å². The van der Waals surface area contributed by atoms with Gasteiger partial charge >= 0.3 is 0 Å². The van der Waals surface area contributed by atoms with E-state index in [-0.39, 0.29) is 17.9 Å². The van der Waals surface area contributed by atoms with Crippen molar-refractivity contribution in [2.24, 2.45) is 0 Å². The zero-order chi connectivity index (χ0) is 16.0. The molecule has 2 nitrogen and oxygen atoms in total. The molecule has 0 aliphatic rings. The molecule has 0 aliphatic heterocycles. The molecule has 126 valence electrons. The lowest BCUT2D eigenvalue weighted by Crippen LogP contribution is -2.36. The summed E-state index contributed by atoms with van der Waals surface area (Å²) in [5.74, 6) is 0.820. The quantitative estimate of drug-likeness (QED) is 0.683. The first-order valence-corrected chi connectivity index (χ1v) is 8.06. The minimum atomic E-state index is 0. The Bertz CT molecular complexity index is 594. The summed E-state index contributed by atoms with van der Waals surface area (Å²) in [5.41, 5.74) is 2.30. The van der Waals surface area contributed by atoms with Gasteiger partial charge in [-0.2, -0.15) is 0 Å². The van der Waals surface area contributed by atoms with Gasteiger partial charge in [0.2, 0.25) is 0 Å². The topological polar surface area (TPSA) is 21.3 Å². The average Bonchev–Trinajstić information content (AvgIpc) is 2.47. The fraction of sp³-hybridized carbons (Fsp3) is 0.368. The molecule has 0 aliphatic carbocycles. The highest BCUT2D eigenvalue weighted by atomic mass is 35.5. The van der Waals surface area contributed by atoms with Crippen LogP contribution in [0.15, 0.2) is 48.5 Å². The summed E-state index contributed by atoms with van der Waals surface area (Å²) in [4.78, 5) is 0. The van der Waals surface area contributed by atoms with Crippen molar-refractivity contribution < 1.29 is 4.74 Å². The Morgan fingerprint density at radius 1 is 1.04 bits per heavy atom. The number of hydrogen-bond acceptors (Lipinski definition) is 2. The first-order valence-electron chi connectivity index (χ1n) is 7.68. The molecule has 0 spiro atoms. The molecule has 0 bridgehead atoms. The molecule has 4 heteroatoms. The van der Waals surface area contributed by atoms with Crippen molar-refractivity contribution in [2.45, 2.75) is 32.7 Å². The van der Waals surface area contributed by atoms with Crippen LogP contribution in [0.3, 0.4) is 0 Å². The lowest BCUT2D eigenvalue weighted by Gasteiger charge is -2.20. The third-order valence-corrected chi connectivity index (χ3v) is 3.58. The molecule has 0 aromatic heterocycles. The molecule has 0 heterocycles. The SMILES string of the molecule is CC(C)(C)NCCCOc1ccc(-c2ccccc2)c(Cl)c1.Cl. The molecule has 0 saturated carbocycles. The van der Waals surface area contributed by atoms with Crippen molar-refractivity contribution in [1.29, 1.82) is 0 Å². The normalized spacial score (nSPS) is 11.0. The Morgan fingerprint density at radius 2 is 1.74 bits per heavy atom. The largest absolute Gasteiger partial charge is 0.493 e. The van der Waals surface area contributed by atoms with E-state index in [0.29, 0.717) is 6.61 Å². The van der Waals surface area contributed by atoms with Crippen LogP contribution in [0.1, 0.15) is 27.2 Å². The standard InChI is InChI=1S/C19H24ClNO.ClH/c1-19(2,3)21-12-7-13-22-16-10-11-17(18(20)14-16)15-8-5-4-6-9-15;/h4-6,8-11,14,21H,7,12-13H2,1-3H3;1H.